The van der Waals surface area contributed by atoms with Gasteiger partial charge in [-0.2, -0.15) is 0 Å². The third-order valence-electron chi connectivity index (χ3n) is 1.58. The van der Waals surface area contributed by atoms with Crippen LogP contribution in [0.4, 0.5) is 4.39 Å². The van der Waals surface area contributed by atoms with Crippen molar-refractivity contribution in [1.82, 2.24) is 0 Å². The molecule has 0 saturated carbocycles. The number of ether oxygens (including phenoxy) is 1. The normalized spacial score (nSPS) is 12.2. The zero-order chi connectivity index (χ0) is 8.97. The Balaban J connectivity index is 2.80. The fraction of sp³-hybridized carbons (Fsp3) is 0.222. The van der Waals surface area contributed by atoms with Gasteiger partial charge in [-0.15, -0.1) is 0 Å². The maximum absolute atomic E-state index is 12.6. The topological polar surface area (TPSA) is 26.3 Å². The number of hydrogen-bond donors (Lipinski definition) is 0. The number of benzene rings is 1. The second-order valence-electron chi connectivity index (χ2n) is 2.43. The number of carbonyl (C=O) groups excluding carboxylic acids is 1. The molecule has 0 aliphatic rings. The molecule has 1 atom stereocenters. The zero-order valence-electron chi connectivity index (χ0n) is 6.66. The molecule has 0 radical (unpaired) electrons. The lowest BCUT2D eigenvalue weighted by molar-refractivity contribution is -0.133. The quantitative estimate of drug-likeness (QED) is 0.646. The lowest BCUT2D eigenvalue weighted by atomic mass is 10.1. The standard InChI is InChI=1S/C9H9FO2/c1-7(12-6-11)8-3-2-4-9(10)5-8/h2-7H,1H3. The van der Waals surface area contributed by atoms with Crippen LogP contribution in [0.3, 0.4) is 0 Å². The van der Waals surface area contributed by atoms with Crippen LogP contribution in [0.25, 0.3) is 0 Å². The van der Waals surface area contributed by atoms with Gasteiger partial charge in [0.1, 0.15) is 11.9 Å². The van der Waals surface area contributed by atoms with Crippen molar-refractivity contribution in [3.63, 3.8) is 0 Å². The Morgan fingerprint density at radius 3 is 2.92 bits per heavy atom. The van der Waals surface area contributed by atoms with Crippen molar-refractivity contribution in [2.75, 3.05) is 0 Å². The van der Waals surface area contributed by atoms with Crippen LogP contribution in [0.5, 0.6) is 0 Å². The van der Waals surface area contributed by atoms with E-state index in [2.05, 4.69) is 4.74 Å². The van der Waals surface area contributed by atoms with Crippen LogP contribution in [0.15, 0.2) is 24.3 Å². The second kappa shape index (κ2) is 3.85. The summed E-state index contributed by atoms with van der Waals surface area (Å²) in [6.07, 6.45) is -0.391. The lowest BCUT2D eigenvalue weighted by Crippen LogP contribution is -1.97. The highest BCUT2D eigenvalue weighted by Crippen LogP contribution is 2.15. The van der Waals surface area contributed by atoms with Gasteiger partial charge in [-0.1, -0.05) is 12.1 Å². The van der Waals surface area contributed by atoms with Crippen molar-refractivity contribution in [1.29, 1.82) is 0 Å². The van der Waals surface area contributed by atoms with Crippen LogP contribution < -0.4 is 0 Å². The highest BCUT2D eigenvalue weighted by Gasteiger charge is 2.05. The molecular formula is C9H9FO2. The van der Waals surface area contributed by atoms with Gasteiger partial charge < -0.3 is 4.74 Å². The molecular weight excluding hydrogens is 159 g/mol. The molecule has 1 aromatic rings. The van der Waals surface area contributed by atoms with Gasteiger partial charge in [-0.3, -0.25) is 4.79 Å². The van der Waals surface area contributed by atoms with Crippen molar-refractivity contribution in [3.05, 3.63) is 35.6 Å². The summed E-state index contributed by atoms with van der Waals surface area (Å²) in [6, 6.07) is 5.97. The Kier molecular flexibility index (Phi) is 2.80. The van der Waals surface area contributed by atoms with Gasteiger partial charge in [0, 0.05) is 0 Å². The molecule has 1 aromatic carbocycles. The first-order valence-electron chi connectivity index (χ1n) is 3.58. The van der Waals surface area contributed by atoms with E-state index in [9.17, 15) is 9.18 Å². The number of hydrogen-bond acceptors (Lipinski definition) is 2. The maximum atomic E-state index is 12.6. The van der Waals surface area contributed by atoms with Gasteiger partial charge in [0.25, 0.3) is 6.47 Å². The molecule has 3 heteroatoms. The first-order valence-corrected chi connectivity index (χ1v) is 3.58. The van der Waals surface area contributed by atoms with Crippen LogP contribution in [0.1, 0.15) is 18.6 Å². The molecule has 0 spiro atoms. The number of halogens is 1. The maximum Gasteiger partial charge on any atom is 0.293 e. The number of rotatable bonds is 3. The Labute approximate surface area is 70.0 Å². The van der Waals surface area contributed by atoms with Crippen molar-refractivity contribution in [3.8, 4) is 0 Å². The van der Waals surface area contributed by atoms with E-state index in [4.69, 9.17) is 0 Å². The molecule has 2 nitrogen and oxygen atoms in total. The van der Waals surface area contributed by atoms with E-state index in [1.807, 2.05) is 0 Å². The van der Waals surface area contributed by atoms with E-state index in [0.29, 0.717) is 12.0 Å². The molecule has 0 N–H and O–H groups in total. The molecule has 0 bridgehead atoms. The third-order valence-corrected chi connectivity index (χ3v) is 1.58. The van der Waals surface area contributed by atoms with Crippen LogP contribution in [-0.2, 0) is 9.53 Å². The summed E-state index contributed by atoms with van der Waals surface area (Å²) in [7, 11) is 0. The summed E-state index contributed by atoms with van der Waals surface area (Å²) >= 11 is 0. The minimum absolute atomic E-state index is 0.325. The van der Waals surface area contributed by atoms with E-state index in [0.717, 1.165) is 0 Å². The molecule has 1 unspecified atom stereocenters. The lowest BCUT2D eigenvalue weighted by Gasteiger charge is -2.08. The molecule has 0 heterocycles. The highest BCUT2D eigenvalue weighted by molar-refractivity contribution is 5.38. The van der Waals surface area contributed by atoms with Crippen LogP contribution >= 0.6 is 0 Å². The monoisotopic (exact) mass is 168 g/mol. The predicted octanol–water partition coefficient (Wildman–Crippen LogP) is 2.06. The molecule has 0 aliphatic carbocycles. The molecule has 12 heavy (non-hydrogen) atoms. The Morgan fingerprint density at radius 2 is 2.33 bits per heavy atom. The Morgan fingerprint density at radius 1 is 1.58 bits per heavy atom. The third kappa shape index (κ3) is 2.05. The van der Waals surface area contributed by atoms with Crippen LogP contribution in [-0.4, -0.2) is 6.47 Å². The minimum atomic E-state index is -0.391. The minimum Gasteiger partial charge on any atom is -0.460 e. The van der Waals surface area contributed by atoms with Gasteiger partial charge in [-0.05, 0) is 24.6 Å². The van der Waals surface area contributed by atoms with E-state index in [-0.39, 0.29) is 5.82 Å². The first-order chi connectivity index (χ1) is 5.74. The van der Waals surface area contributed by atoms with Crippen molar-refractivity contribution < 1.29 is 13.9 Å². The Bertz CT molecular complexity index is 273. The van der Waals surface area contributed by atoms with E-state index in [1.165, 1.54) is 12.1 Å². The van der Waals surface area contributed by atoms with Crippen LogP contribution in [0.2, 0.25) is 0 Å². The van der Waals surface area contributed by atoms with Gasteiger partial charge in [0.15, 0.2) is 0 Å². The predicted molar refractivity (Wildman–Crippen MR) is 42.0 cm³/mol. The van der Waals surface area contributed by atoms with Gasteiger partial charge in [0.05, 0.1) is 0 Å². The van der Waals surface area contributed by atoms with E-state index in [1.54, 1.807) is 19.1 Å². The summed E-state index contributed by atoms with van der Waals surface area (Å²) < 4.78 is 17.3. The van der Waals surface area contributed by atoms with Crippen molar-refractivity contribution in [2.24, 2.45) is 0 Å². The molecule has 1 rings (SSSR count). The summed E-state index contributed by atoms with van der Waals surface area (Å²) in [5, 5.41) is 0. The SMILES string of the molecule is CC(OC=O)c1cccc(F)c1. The molecule has 0 saturated heterocycles. The molecule has 64 valence electrons. The summed E-state index contributed by atoms with van der Waals surface area (Å²) in [5.74, 6) is -0.325. The molecule has 0 aliphatic heterocycles. The average molecular weight is 168 g/mol. The van der Waals surface area contributed by atoms with Crippen molar-refractivity contribution >= 4 is 6.47 Å². The molecule has 0 fully saturated rings. The van der Waals surface area contributed by atoms with Crippen LogP contribution in [0, 0.1) is 5.82 Å². The van der Waals surface area contributed by atoms with Crippen molar-refractivity contribution in [2.45, 2.75) is 13.0 Å². The van der Waals surface area contributed by atoms with Gasteiger partial charge in [0.2, 0.25) is 0 Å². The largest absolute Gasteiger partial charge is 0.460 e. The molecule has 0 amide bonds. The van der Waals surface area contributed by atoms with E-state index < -0.39 is 6.10 Å². The highest BCUT2D eigenvalue weighted by atomic mass is 19.1. The van der Waals surface area contributed by atoms with Gasteiger partial charge >= 0.3 is 0 Å². The summed E-state index contributed by atoms with van der Waals surface area (Å²) in [4.78, 5) is 9.96. The summed E-state index contributed by atoms with van der Waals surface area (Å²) in [5.41, 5.74) is 0.655. The molecule has 0 aromatic heterocycles. The first kappa shape index (κ1) is 8.71. The van der Waals surface area contributed by atoms with E-state index >= 15 is 0 Å². The Hall–Kier alpha value is -1.38. The van der Waals surface area contributed by atoms with Gasteiger partial charge in [-0.25, -0.2) is 4.39 Å². The number of carbonyl (C=O) groups is 1. The fourth-order valence-corrected chi connectivity index (χ4v) is 0.921. The second-order valence-corrected chi connectivity index (χ2v) is 2.43. The smallest absolute Gasteiger partial charge is 0.293 e. The summed E-state index contributed by atoms with van der Waals surface area (Å²) in [6.45, 7) is 2.04. The zero-order valence-corrected chi connectivity index (χ0v) is 6.66. The average Bonchev–Trinajstić information content (AvgIpc) is 2.05. The fourth-order valence-electron chi connectivity index (χ4n) is 0.921.